The minimum absolute atomic E-state index is 0.0548. The van der Waals surface area contributed by atoms with Gasteiger partial charge in [0.25, 0.3) is 5.56 Å². The van der Waals surface area contributed by atoms with Crippen molar-refractivity contribution in [2.24, 2.45) is 0 Å². The van der Waals surface area contributed by atoms with Crippen molar-refractivity contribution >= 4 is 22.5 Å². The van der Waals surface area contributed by atoms with Crippen LogP contribution in [0.2, 0.25) is 0 Å². The fraction of sp³-hybridized carbons (Fsp3) is 0.182. The van der Waals surface area contributed by atoms with E-state index in [9.17, 15) is 14.4 Å². The van der Waals surface area contributed by atoms with Crippen molar-refractivity contribution < 1.29 is 23.8 Å². The van der Waals surface area contributed by atoms with Gasteiger partial charge in [-0.25, -0.2) is 0 Å². The van der Waals surface area contributed by atoms with Crippen LogP contribution in [-0.2, 0) is 12.8 Å². The Morgan fingerprint density at radius 2 is 1.69 bits per heavy atom. The van der Waals surface area contributed by atoms with Gasteiger partial charge in [0.2, 0.25) is 0 Å². The lowest BCUT2D eigenvalue weighted by Gasteiger charge is -2.20. The van der Waals surface area contributed by atoms with E-state index in [0.29, 0.717) is 70.3 Å². The second-order valence-corrected chi connectivity index (χ2v) is 9.90. The molecule has 0 bridgehead atoms. The lowest BCUT2D eigenvalue weighted by molar-refractivity contribution is 0.0970. The molecule has 5 aromatic rings. The lowest BCUT2D eigenvalue weighted by atomic mass is 9.87. The number of ketones is 2. The second-order valence-electron chi connectivity index (χ2n) is 9.90. The minimum Gasteiger partial charge on any atom is -0.493 e. The van der Waals surface area contributed by atoms with Gasteiger partial charge in [0.1, 0.15) is 11.5 Å². The molecule has 0 amide bonds. The molecular formula is C33H27N3O6. The molecule has 2 aromatic carbocycles. The first-order chi connectivity index (χ1) is 20.5. The van der Waals surface area contributed by atoms with Gasteiger partial charge >= 0.3 is 0 Å². The number of benzene rings is 2. The number of carbonyl (C=O) groups is 2. The Kier molecular flexibility index (Phi) is 7.23. The van der Waals surface area contributed by atoms with Crippen LogP contribution in [-0.4, -0.2) is 40.3 Å². The second kappa shape index (κ2) is 11.3. The van der Waals surface area contributed by atoms with Crippen LogP contribution >= 0.6 is 0 Å². The van der Waals surface area contributed by atoms with Crippen molar-refractivity contribution in [3.05, 3.63) is 112 Å². The van der Waals surface area contributed by atoms with E-state index < -0.39 is 5.56 Å². The van der Waals surface area contributed by atoms with Crippen LogP contribution in [0.5, 0.6) is 23.0 Å². The molecule has 3 heterocycles. The Bertz CT molecular complexity index is 1880. The van der Waals surface area contributed by atoms with E-state index in [-0.39, 0.29) is 23.6 Å². The Labute approximate surface area is 241 Å². The molecule has 9 nitrogen and oxygen atoms in total. The van der Waals surface area contributed by atoms with Gasteiger partial charge in [0, 0.05) is 47.2 Å². The maximum atomic E-state index is 13.6. The van der Waals surface area contributed by atoms with Crippen LogP contribution in [0.3, 0.4) is 0 Å². The maximum absolute atomic E-state index is 13.6. The quantitative estimate of drug-likeness (QED) is 0.227. The number of carbonyl (C=O) groups excluding carboxylic acids is 2. The summed E-state index contributed by atoms with van der Waals surface area (Å²) in [5, 5.41) is 0.729. The zero-order valence-corrected chi connectivity index (χ0v) is 23.1. The fourth-order valence-electron chi connectivity index (χ4n) is 5.27. The molecule has 42 heavy (non-hydrogen) atoms. The third-order valence-corrected chi connectivity index (χ3v) is 7.34. The molecule has 0 unspecified atom stereocenters. The van der Waals surface area contributed by atoms with Crippen LogP contribution in [0, 0.1) is 0 Å². The fourth-order valence-corrected chi connectivity index (χ4v) is 5.27. The topological polar surface area (TPSA) is 110 Å². The summed E-state index contributed by atoms with van der Waals surface area (Å²) in [6.45, 7) is 0. The standard InChI is InChI=1S/C33H27N3O6/c1-40-30-16-24-26(17-31(30)41-2)34-14-13-29(24)42-22-12-11-20(35-18-22)15-28(38)32-23-9-6-10-27(37)25(23)19-36(33(32)39)21-7-4-3-5-8-21/h3-5,7-8,11-14,16-19H,6,9-10,15H2,1-2H3. The smallest absolute Gasteiger partial charge is 0.266 e. The van der Waals surface area contributed by atoms with E-state index in [0.717, 1.165) is 5.39 Å². The summed E-state index contributed by atoms with van der Waals surface area (Å²) in [4.78, 5) is 48.8. The number of fused-ring (bicyclic) bond motifs is 2. The van der Waals surface area contributed by atoms with Crippen molar-refractivity contribution in [2.75, 3.05) is 14.2 Å². The van der Waals surface area contributed by atoms with E-state index in [1.54, 1.807) is 81.2 Å². The maximum Gasteiger partial charge on any atom is 0.266 e. The Morgan fingerprint density at radius 1 is 0.905 bits per heavy atom. The van der Waals surface area contributed by atoms with E-state index in [2.05, 4.69) is 9.97 Å². The summed E-state index contributed by atoms with van der Waals surface area (Å²) in [7, 11) is 3.12. The third kappa shape index (κ3) is 5.01. The molecule has 0 saturated carbocycles. The van der Waals surface area contributed by atoms with E-state index >= 15 is 0 Å². The number of nitrogens with zero attached hydrogens (tertiary/aromatic N) is 3. The molecule has 6 rings (SSSR count). The van der Waals surface area contributed by atoms with E-state index in [4.69, 9.17) is 14.2 Å². The molecule has 210 valence electrons. The number of hydrogen-bond donors (Lipinski definition) is 0. The van der Waals surface area contributed by atoms with Crippen LogP contribution in [0.1, 0.15) is 44.8 Å². The molecule has 0 radical (unpaired) electrons. The highest BCUT2D eigenvalue weighted by atomic mass is 16.5. The van der Waals surface area contributed by atoms with Crippen molar-refractivity contribution in [3.8, 4) is 28.7 Å². The molecule has 0 saturated heterocycles. The number of Topliss-reactive ketones (excluding diaryl/α,β-unsaturated/α-hetero) is 2. The number of aromatic nitrogens is 3. The zero-order chi connectivity index (χ0) is 29.2. The molecule has 3 aromatic heterocycles. The van der Waals surface area contributed by atoms with Gasteiger partial charge in [-0.1, -0.05) is 18.2 Å². The van der Waals surface area contributed by atoms with Crippen LogP contribution < -0.4 is 19.8 Å². The summed E-state index contributed by atoms with van der Waals surface area (Å²) in [5.74, 6) is 1.68. The molecule has 0 N–H and O–H groups in total. The first-order valence-corrected chi connectivity index (χ1v) is 13.5. The molecule has 0 fully saturated rings. The number of rotatable bonds is 8. The Balaban J connectivity index is 1.28. The minimum atomic E-state index is -0.434. The predicted octanol–water partition coefficient (Wildman–Crippen LogP) is 5.53. The van der Waals surface area contributed by atoms with Gasteiger partial charge in [0.05, 0.1) is 37.9 Å². The number of pyridine rings is 3. The zero-order valence-electron chi connectivity index (χ0n) is 23.1. The highest BCUT2D eigenvalue weighted by Crippen LogP contribution is 2.36. The summed E-state index contributed by atoms with van der Waals surface area (Å²) in [5.41, 5.74) is 2.33. The summed E-state index contributed by atoms with van der Waals surface area (Å²) >= 11 is 0. The number of methoxy groups -OCH3 is 2. The Hall–Kier alpha value is -5.31. The monoisotopic (exact) mass is 561 g/mol. The summed E-state index contributed by atoms with van der Waals surface area (Å²) in [6, 6.07) is 17.7. The average molecular weight is 562 g/mol. The SMILES string of the molecule is COc1cc2nccc(Oc3ccc(CC(=O)c4c5c(cn(-c6ccccc6)c4=O)C(=O)CCC5)nc3)c2cc1OC. The van der Waals surface area contributed by atoms with Gasteiger partial charge in [-0.3, -0.25) is 28.9 Å². The molecule has 0 aliphatic heterocycles. The molecule has 9 heteroatoms. The summed E-state index contributed by atoms with van der Waals surface area (Å²) in [6.07, 6.45) is 6.15. The third-order valence-electron chi connectivity index (χ3n) is 7.34. The van der Waals surface area contributed by atoms with Gasteiger partial charge in [-0.05, 0) is 54.8 Å². The molecule has 1 aliphatic carbocycles. The van der Waals surface area contributed by atoms with Crippen molar-refractivity contribution in [2.45, 2.75) is 25.7 Å². The van der Waals surface area contributed by atoms with Crippen molar-refractivity contribution in [3.63, 3.8) is 0 Å². The number of hydrogen-bond acceptors (Lipinski definition) is 8. The molecule has 1 aliphatic rings. The predicted molar refractivity (Wildman–Crippen MR) is 156 cm³/mol. The lowest BCUT2D eigenvalue weighted by Crippen LogP contribution is -2.31. The van der Waals surface area contributed by atoms with Crippen LogP contribution in [0.25, 0.3) is 16.6 Å². The molecule has 0 atom stereocenters. The highest BCUT2D eigenvalue weighted by molar-refractivity contribution is 6.04. The Morgan fingerprint density at radius 3 is 2.43 bits per heavy atom. The van der Waals surface area contributed by atoms with Gasteiger partial charge in [0.15, 0.2) is 23.1 Å². The van der Waals surface area contributed by atoms with Gasteiger partial charge in [-0.15, -0.1) is 0 Å². The van der Waals surface area contributed by atoms with E-state index in [1.165, 1.54) is 10.8 Å². The first kappa shape index (κ1) is 26.9. The highest BCUT2D eigenvalue weighted by Gasteiger charge is 2.28. The normalized spacial score (nSPS) is 12.6. The number of para-hydroxylation sites is 1. The number of ether oxygens (including phenoxy) is 3. The summed E-state index contributed by atoms with van der Waals surface area (Å²) < 4.78 is 18.3. The molecular weight excluding hydrogens is 534 g/mol. The van der Waals surface area contributed by atoms with Crippen molar-refractivity contribution in [1.29, 1.82) is 0 Å². The van der Waals surface area contributed by atoms with Gasteiger partial charge in [-0.2, -0.15) is 0 Å². The van der Waals surface area contributed by atoms with Crippen LogP contribution in [0.4, 0.5) is 0 Å². The average Bonchev–Trinajstić information content (AvgIpc) is 3.01. The van der Waals surface area contributed by atoms with E-state index in [1.807, 2.05) is 6.07 Å². The van der Waals surface area contributed by atoms with Crippen molar-refractivity contribution in [1.82, 2.24) is 14.5 Å². The van der Waals surface area contributed by atoms with Crippen LogP contribution in [0.15, 0.2) is 84.0 Å². The van der Waals surface area contributed by atoms with Gasteiger partial charge < -0.3 is 14.2 Å². The largest absolute Gasteiger partial charge is 0.493 e. The first-order valence-electron chi connectivity index (χ1n) is 13.5. The molecule has 0 spiro atoms.